The van der Waals surface area contributed by atoms with Crippen LogP contribution in [0.3, 0.4) is 0 Å². The first-order chi connectivity index (χ1) is 13.1. The second-order valence-electron chi connectivity index (χ2n) is 7.28. The van der Waals surface area contributed by atoms with Crippen molar-refractivity contribution < 1.29 is 24.2 Å². The fourth-order valence-electron chi connectivity index (χ4n) is 3.69. The van der Waals surface area contributed by atoms with Gasteiger partial charge in [0.25, 0.3) is 5.91 Å². The zero-order valence-electron chi connectivity index (χ0n) is 15.8. The van der Waals surface area contributed by atoms with Gasteiger partial charge in [-0.15, -0.1) is 0 Å². The molecule has 0 bridgehead atoms. The third-order valence-corrected chi connectivity index (χ3v) is 5.38. The SMILES string of the molecule is CC(=O)c1ccc(OCC(=O)N2C[C@@H](CN3CCOCC3)[C@@H](CO)C2)cc1. The van der Waals surface area contributed by atoms with Crippen molar-refractivity contribution in [3.05, 3.63) is 29.8 Å². The number of benzene rings is 1. The Morgan fingerprint density at radius 3 is 2.44 bits per heavy atom. The molecule has 27 heavy (non-hydrogen) atoms. The van der Waals surface area contributed by atoms with Crippen LogP contribution in [-0.4, -0.2) is 85.7 Å². The number of morpholine rings is 1. The lowest BCUT2D eigenvalue weighted by Gasteiger charge is -2.30. The molecular formula is C20H28N2O5. The summed E-state index contributed by atoms with van der Waals surface area (Å²) < 4.78 is 11.0. The highest BCUT2D eigenvalue weighted by Crippen LogP contribution is 2.25. The maximum atomic E-state index is 12.5. The van der Waals surface area contributed by atoms with Crippen LogP contribution < -0.4 is 4.74 Å². The van der Waals surface area contributed by atoms with E-state index >= 15 is 0 Å². The number of aliphatic hydroxyl groups excluding tert-OH is 1. The fraction of sp³-hybridized carbons (Fsp3) is 0.600. The highest BCUT2D eigenvalue weighted by molar-refractivity contribution is 5.94. The summed E-state index contributed by atoms with van der Waals surface area (Å²) in [6.07, 6.45) is 0. The van der Waals surface area contributed by atoms with Gasteiger partial charge in [-0.25, -0.2) is 0 Å². The van der Waals surface area contributed by atoms with E-state index in [-0.39, 0.29) is 36.7 Å². The van der Waals surface area contributed by atoms with E-state index in [1.807, 2.05) is 0 Å². The molecule has 3 rings (SSSR count). The van der Waals surface area contributed by atoms with Crippen LogP contribution in [0.1, 0.15) is 17.3 Å². The van der Waals surface area contributed by atoms with E-state index < -0.39 is 0 Å². The molecule has 7 nitrogen and oxygen atoms in total. The Hall–Kier alpha value is -1.96. The van der Waals surface area contributed by atoms with Crippen LogP contribution in [-0.2, 0) is 9.53 Å². The number of hydrogen-bond acceptors (Lipinski definition) is 6. The summed E-state index contributed by atoms with van der Waals surface area (Å²) >= 11 is 0. The molecule has 0 saturated carbocycles. The summed E-state index contributed by atoms with van der Waals surface area (Å²) in [6.45, 7) is 6.96. The van der Waals surface area contributed by atoms with Crippen molar-refractivity contribution >= 4 is 11.7 Å². The minimum atomic E-state index is -0.0754. The maximum absolute atomic E-state index is 12.5. The molecule has 2 atom stereocenters. The number of Topliss-reactive ketones (excluding diaryl/α,β-unsaturated/α-hetero) is 1. The van der Waals surface area contributed by atoms with Crippen LogP contribution in [0.25, 0.3) is 0 Å². The molecule has 1 amide bonds. The fourth-order valence-corrected chi connectivity index (χ4v) is 3.69. The number of ether oxygens (including phenoxy) is 2. The van der Waals surface area contributed by atoms with Gasteiger partial charge in [-0.1, -0.05) is 0 Å². The van der Waals surface area contributed by atoms with Crippen LogP contribution in [0.2, 0.25) is 0 Å². The van der Waals surface area contributed by atoms with Gasteiger partial charge >= 0.3 is 0 Å². The van der Waals surface area contributed by atoms with Crippen LogP contribution >= 0.6 is 0 Å². The minimum Gasteiger partial charge on any atom is -0.484 e. The molecule has 7 heteroatoms. The number of hydrogen-bond donors (Lipinski definition) is 1. The van der Waals surface area contributed by atoms with Crippen LogP contribution in [0.4, 0.5) is 0 Å². The van der Waals surface area contributed by atoms with E-state index in [9.17, 15) is 14.7 Å². The van der Waals surface area contributed by atoms with Gasteiger partial charge in [-0.3, -0.25) is 14.5 Å². The number of rotatable bonds is 7. The molecule has 2 heterocycles. The predicted molar refractivity (Wildman–Crippen MR) is 99.8 cm³/mol. The Balaban J connectivity index is 1.49. The summed E-state index contributed by atoms with van der Waals surface area (Å²) in [6, 6.07) is 6.79. The lowest BCUT2D eigenvalue weighted by Crippen LogP contribution is -2.41. The second kappa shape index (κ2) is 9.30. The summed E-state index contributed by atoms with van der Waals surface area (Å²) in [7, 11) is 0. The van der Waals surface area contributed by atoms with E-state index in [1.165, 1.54) is 6.92 Å². The maximum Gasteiger partial charge on any atom is 0.260 e. The Morgan fingerprint density at radius 2 is 1.81 bits per heavy atom. The summed E-state index contributed by atoms with van der Waals surface area (Å²) in [4.78, 5) is 28.0. The van der Waals surface area contributed by atoms with Crippen molar-refractivity contribution in [1.29, 1.82) is 0 Å². The smallest absolute Gasteiger partial charge is 0.260 e. The first kappa shape index (κ1) is 19.8. The monoisotopic (exact) mass is 376 g/mol. The quantitative estimate of drug-likeness (QED) is 0.705. The van der Waals surface area contributed by atoms with Gasteiger partial charge in [0.2, 0.25) is 0 Å². The third-order valence-electron chi connectivity index (χ3n) is 5.38. The molecule has 2 saturated heterocycles. The van der Waals surface area contributed by atoms with Crippen molar-refractivity contribution in [2.24, 2.45) is 11.8 Å². The molecule has 1 N–H and O–H groups in total. The van der Waals surface area contributed by atoms with Crippen molar-refractivity contribution in [3.63, 3.8) is 0 Å². The Morgan fingerprint density at radius 1 is 1.15 bits per heavy atom. The standard InChI is InChI=1S/C20H28N2O5/c1-15(24)16-2-4-19(5-3-16)27-14-20(25)22-11-17(18(12-22)13-23)10-21-6-8-26-9-7-21/h2-5,17-18,23H,6-14H2,1H3/t17-,18-/m1/s1. The average Bonchev–Trinajstić information content (AvgIpc) is 3.10. The number of likely N-dealkylation sites (tertiary alicyclic amines) is 1. The Bertz CT molecular complexity index is 642. The number of amides is 1. The van der Waals surface area contributed by atoms with E-state index in [0.29, 0.717) is 24.4 Å². The summed E-state index contributed by atoms with van der Waals surface area (Å²) in [5.74, 6) is 0.860. The number of ketones is 1. The van der Waals surface area contributed by atoms with Crippen LogP contribution in [0, 0.1) is 11.8 Å². The number of aliphatic hydroxyl groups is 1. The number of carbonyl (C=O) groups excluding carboxylic acids is 2. The Kier molecular flexibility index (Phi) is 6.82. The van der Waals surface area contributed by atoms with Gasteiger partial charge < -0.3 is 19.5 Å². The highest BCUT2D eigenvalue weighted by atomic mass is 16.5. The van der Waals surface area contributed by atoms with E-state index in [0.717, 1.165) is 32.8 Å². The topological polar surface area (TPSA) is 79.3 Å². The van der Waals surface area contributed by atoms with Crippen molar-refractivity contribution in [1.82, 2.24) is 9.80 Å². The van der Waals surface area contributed by atoms with Gasteiger partial charge in [0, 0.05) is 50.8 Å². The van der Waals surface area contributed by atoms with Crippen LogP contribution in [0.5, 0.6) is 5.75 Å². The molecule has 1 aromatic carbocycles. The van der Waals surface area contributed by atoms with Gasteiger partial charge in [0.15, 0.2) is 12.4 Å². The summed E-state index contributed by atoms with van der Waals surface area (Å²) in [5, 5.41) is 9.70. The molecule has 0 spiro atoms. The first-order valence-corrected chi connectivity index (χ1v) is 9.49. The lowest BCUT2D eigenvalue weighted by atomic mass is 9.96. The zero-order chi connectivity index (χ0) is 19.2. The Labute approximate surface area is 159 Å². The lowest BCUT2D eigenvalue weighted by molar-refractivity contribution is -0.132. The molecule has 0 aliphatic carbocycles. The minimum absolute atomic E-state index is 0.00366. The highest BCUT2D eigenvalue weighted by Gasteiger charge is 2.36. The molecule has 2 aliphatic rings. The van der Waals surface area contributed by atoms with Gasteiger partial charge in [0.1, 0.15) is 5.75 Å². The largest absolute Gasteiger partial charge is 0.484 e. The van der Waals surface area contributed by atoms with Crippen molar-refractivity contribution in [2.75, 3.05) is 59.2 Å². The predicted octanol–water partition coefficient (Wildman–Crippen LogP) is 0.667. The molecule has 148 valence electrons. The molecule has 1 aromatic rings. The molecule has 0 unspecified atom stereocenters. The van der Waals surface area contributed by atoms with Crippen molar-refractivity contribution in [2.45, 2.75) is 6.92 Å². The number of carbonyl (C=O) groups is 2. The summed E-state index contributed by atoms with van der Waals surface area (Å²) in [5.41, 5.74) is 0.616. The van der Waals surface area contributed by atoms with E-state index in [2.05, 4.69) is 4.90 Å². The second-order valence-corrected chi connectivity index (χ2v) is 7.28. The van der Waals surface area contributed by atoms with Crippen molar-refractivity contribution in [3.8, 4) is 5.75 Å². The normalized spacial score (nSPS) is 23.4. The zero-order valence-corrected chi connectivity index (χ0v) is 15.8. The molecule has 2 aliphatic heterocycles. The third kappa shape index (κ3) is 5.28. The molecule has 0 radical (unpaired) electrons. The number of nitrogens with zero attached hydrogens (tertiary/aromatic N) is 2. The molecule has 2 fully saturated rings. The molecular weight excluding hydrogens is 348 g/mol. The van der Waals surface area contributed by atoms with Gasteiger partial charge in [-0.2, -0.15) is 0 Å². The van der Waals surface area contributed by atoms with E-state index in [4.69, 9.17) is 9.47 Å². The van der Waals surface area contributed by atoms with Gasteiger partial charge in [0.05, 0.1) is 13.2 Å². The first-order valence-electron chi connectivity index (χ1n) is 9.49. The molecule has 0 aromatic heterocycles. The van der Waals surface area contributed by atoms with Crippen LogP contribution in [0.15, 0.2) is 24.3 Å². The van der Waals surface area contributed by atoms with E-state index in [1.54, 1.807) is 29.2 Å². The van der Waals surface area contributed by atoms with Gasteiger partial charge in [-0.05, 0) is 37.1 Å². The average molecular weight is 376 g/mol.